The van der Waals surface area contributed by atoms with Crippen molar-refractivity contribution in [2.45, 2.75) is 6.92 Å². The van der Waals surface area contributed by atoms with Crippen LogP contribution in [0.3, 0.4) is 0 Å². The summed E-state index contributed by atoms with van der Waals surface area (Å²) in [5, 5.41) is 1.71. The molecule has 1 aliphatic heterocycles. The van der Waals surface area contributed by atoms with E-state index in [0.717, 1.165) is 0 Å². The van der Waals surface area contributed by atoms with Gasteiger partial charge in [0.25, 0.3) is 0 Å². The van der Waals surface area contributed by atoms with Gasteiger partial charge < -0.3 is 4.74 Å². The zero-order valence-electron chi connectivity index (χ0n) is 7.49. The molecule has 0 aromatic heterocycles. The van der Waals surface area contributed by atoms with Crippen LogP contribution in [-0.4, -0.2) is 24.6 Å². The van der Waals surface area contributed by atoms with Gasteiger partial charge in [0.1, 0.15) is 0 Å². The van der Waals surface area contributed by atoms with Crippen molar-refractivity contribution in [2.24, 2.45) is 0 Å². The Kier molecular flexibility index (Phi) is 3.31. The maximum atomic E-state index is 11.1. The molecule has 0 amide bonds. The highest BCUT2D eigenvalue weighted by Gasteiger charge is 2.14. The average molecular weight is 198 g/mol. The molecule has 1 rings (SSSR count). The maximum absolute atomic E-state index is 11.1. The molecule has 13 heavy (non-hydrogen) atoms. The topological polar surface area (TPSA) is 43.4 Å². The minimum atomic E-state index is -0.397. The molecule has 4 heteroatoms. The van der Waals surface area contributed by atoms with Crippen molar-refractivity contribution in [1.29, 1.82) is 0 Å². The third kappa shape index (κ3) is 2.45. The van der Waals surface area contributed by atoms with Crippen molar-refractivity contribution in [3.63, 3.8) is 0 Å². The molecule has 0 N–H and O–H groups in total. The van der Waals surface area contributed by atoms with Crippen LogP contribution in [0.15, 0.2) is 22.6 Å². The van der Waals surface area contributed by atoms with Crippen molar-refractivity contribution in [1.82, 2.24) is 0 Å². The lowest BCUT2D eigenvalue weighted by molar-refractivity contribution is -0.135. The fourth-order valence-corrected chi connectivity index (χ4v) is 1.81. The van der Waals surface area contributed by atoms with Crippen LogP contribution >= 0.6 is 11.8 Å². The number of thioether (sulfide) groups is 1. The molecule has 0 saturated carbocycles. The minimum Gasteiger partial charge on any atom is -0.465 e. The molecule has 1 heterocycles. The highest BCUT2D eigenvalue weighted by atomic mass is 32.2. The first-order valence-electron chi connectivity index (χ1n) is 3.76. The normalized spacial score (nSPS) is 15.8. The number of carbonyl (C=O) groups is 2. The summed E-state index contributed by atoms with van der Waals surface area (Å²) in [7, 11) is 1.32. The van der Waals surface area contributed by atoms with Crippen molar-refractivity contribution in [3.05, 3.63) is 22.6 Å². The van der Waals surface area contributed by atoms with E-state index in [-0.39, 0.29) is 5.78 Å². The Morgan fingerprint density at radius 1 is 1.54 bits per heavy atom. The van der Waals surface area contributed by atoms with E-state index in [0.29, 0.717) is 16.9 Å². The van der Waals surface area contributed by atoms with E-state index in [2.05, 4.69) is 4.74 Å². The van der Waals surface area contributed by atoms with Gasteiger partial charge in [-0.1, -0.05) is 0 Å². The predicted molar refractivity (Wildman–Crippen MR) is 51.3 cm³/mol. The van der Waals surface area contributed by atoms with Gasteiger partial charge >= 0.3 is 5.97 Å². The Bertz CT molecular complexity index is 302. The van der Waals surface area contributed by atoms with Gasteiger partial charge in [-0.15, -0.1) is 11.8 Å². The number of hydrogen-bond acceptors (Lipinski definition) is 4. The summed E-state index contributed by atoms with van der Waals surface area (Å²) >= 11 is 1.43. The average Bonchev–Trinajstić information content (AvgIpc) is 2.17. The van der Waals surface area contributed by atoms with E-state index in [9.17, 15) is 9.59 Å². The second-order valence-electron chi connectivity index (χ2n) is 2.60. The Morgan fingerprint density at radius 3 is 2.77 bits per heavy atom. The Labute approximate surface area is 80.8 Å². The second-order valence-corrected chi connectivity index (χ2v) is 3.46. The van der Waals surface area contributed by atoms with Crippen LogP contribution in [0.1, 0.15) is 6.92 Å². The lowest BCUT2D eigenvalue weighted by Gasteiger charge is -2.09. The summed E-state index contributed by atoms with van der Waals surface area (Å²) in [6.07, 6.45) is 1.59. The molecule has 0 radical (unpaired) electrons. The van der Waals surface area contributed by atoms with Gasteiger partial charge in [-0.3, -0.25) is 4.79 Å². The summed E-state index contributed by atoms with van der Waals surface area (Å²) < 4.78 is 4.54. The van der Waals surface area contributed by atoms with Crippen LogP contribution in [0.5, 0.6) is 0 Å². The highest BCUT2D eigenvalue weighted by molar-refractivity contribution is 8.02. The van der Waals surface area contributed by atoms with E-state index in [1.165, 1.54) is 25.8 Å². The van der Waals surface area contributed by atoms with Crippen molar-refractivity contribution in [3.8, 4) is 0 Å². The number of esters is 1. The Morgan fingerprint density at radius 2 is 2.23 bits per heavy atom. The summed E-state index contributed by atoms with van der Waals surface area (Å²) in [5.74, 6) is 0.239. The van der Waals surface area contributed by atoms with Gasteiger partial charge in [-0.05, 0) is 18.4 Å². The van der Waals surface area contributed by atoms with Gasteiger partial charge in [-0.25, -0.2) is 4.79 Å². The monoisotopic (exact) mass is 198 g/mol. The molecule has 1 aliphatic rings. The van der Waals surface area contributed by atoms with E-state index in [1.54, 1.807) is 11.5 Å². The molecule has 0 bridgehead atoms. The number of hydrogen-bond donors (Lipinski definition) is 0. The number of rotatable bonds is 2. The van der Waals surface area contributed by atoms with E-state index < -0.39 is 5.97 Å². The standard InChI is InChI=1S/C9H10O3S/c1-6(10)7-3-8(5-13-4-7)9(11)12-2/h3,5H,4H2,1-2H3. The molecule has 70 valence electrons. The third-order valence-corrected chi connectivity index (χ3v) is 2.55. The Hall–Kier alpha value is -1.03. The SMILES string of the molecule is COC(=O)C1=CSCC(C(C)=O)=C1. The number of ketones is 1. The number of Topliss-reactive ketones (excluding diaryl/α,β-unsaturated/α-hetero) is 1. The number of methoxy groups -OCH3 is 1. The maximum Gasteiger partial charge on any atom is 0.338 e. The highest BCUT2D eigenvalue weighted by Crippen LogP contribution is 2.21. The zero-order valence-corrected chi connectivity index (χ0v) is 8.31. The predicted octanol–water partition coefficient (Wildman–Crippen LogP) is 1.31. The summed E-state index contributed by atoms with van der Waals surface area (Å²) in [6, 6.07) is 0. The van der Waals surface area contributed by atoms with Crippen LogP contribution in [-0.2, 0) is 14.3 Å². The fraction of sp³-hybridized carbons (Fsp3) is 0.333. The smallest absolute Gasteiger partial charge is 0.338 e. The van der Waals surface area contributed by atoms with Crippen molar-refractivity contribution >= 4 is 23.5 Å². The molecule has 0 aromatic rings. The van der Waals surface area contributed by atoms with Crippen LogP contribution in [0.2, 0.25) is 0 Å². The van der Waals surface area contributed by atoms with Crippen LogP contribution in [0.4, 0.5) is 0 Å². The van der Waals surface area contributed by atoms with Gasteiger partial charge in [0.15, 0.2) is 5.78 Å². The number of carbonyl (C=O) groups excluding carboxylic acids is 2. The molecular weight excluding hydrogens is 188 g/mol. The summed E-state index contributed by atoms with van der Waals surface area (Å²) in [6.45, 7) is 1.49. The molecular formula is C9H10O3S. The van der Waals surface area contributed by atoms with Gasteiger partial charge in [0.2, 0.25) is 0 Å². The molecule has 3 nitrogen and oxygen atoms in total. The van der Waals surface area contributed by atoms with Crippen LogP contribution in [0, 0.1) is 0 Å². The van der Waals surface area contributed by atoms with Crippen molar-refractivity contribution < 1.29 is 14.3 Å². The lowest BCUT2D eigenvalue weighted by Crippen LogP contribution is -2.09. The molecule has 0 unspecified atom stereocenters. The quantitative estimate of drug-likeness (QED) is 0.627. The minimum absolute atomic E-state index is 0.00185. The first-order chi connectivity index (χ1) is 6.15. The lowest BCUT2D eigenvalue weighted by atomic mass is 10.1. The number of ether oxygens (including phenoxy) is 1. The molecule has 0 atom stereocenters. The van der Waals surface area contributed by atoms with E-state index in [4.69, 9.17) is 0 Å². The van der Waals surface area contributed by atoms with Crippen molar-refractivity contribution in [2.75, 3.05) is 12.9 Å². The second kappa shape index (κ2) is 4.28. The first kappa shape index (κ1) is 10.1. The van der Waals surface area contributed by atoms with Gasteiger partial charge in [0, 0.05) is 11.3 Å². The summed E-state index contributed by atoms with van der Waals surface area (Å²) in [4.78, 5) is 22.1. The largest absolute Gasteiger partial charge is 0.465 e. The molecule has 0 fully saturated rings. The zero-order chi connectivity index (χ0) is 9.84. The first-order valence-corrected chi connectivity index (χ1v) is 4.81. The fourth-order valence-electron chi connectivity index (χ4n) is 0.913. The van der Waals surface area contributed by atoms with Crippen LogP contribution in [0.25, 0.3) is 0 Å². The molecule has 0 aliphatic carbocycles. The molecule has 0 aromatic carbocycles. The Balaban J connectivity index is 2.84. The third-order valence-electron chi connectivity index (χ3n) is 1.65. The van der Waals surface area contributed by atoms with E-state index >= 15 is 0 Å². The summed E-state index contributed by atoms with van der Waals surface area (Å²) in [5.41, 5.74) is 1.11. The van der Waals surface area contributed by atoms with E-state index in [1.807, 2.05) is 0 Å². The van der Waals surface area contributed by atoms with Gasteiger partial charge in [0.05, 0.1) is 12.7 Å². The van der Waals surface area contributed by atoms with Gasteiger partial charge in [-0.2, -0.15) is 0 Å². The molecule has 0 saturated heterocycles. The van der Waals surface area contributed by atoms with Crippen LogP contribution < -0.4 is 0 Å². The molecule has 0 spiro atoms.